The summed E-state index contributed by atoms with van der Waals surface area (Å²) in [4.78, 5) is 10.9. The van der Waals surface area contributed by atoms with E-state index in [1.54, 1.807) is 0 Å². The Labute approximate surface area is 168 Å². The highest BCUT2D eigenvalue weighted by atomic mass is 16.5. The maximum atomic E-state index is 10.9. The fraction of sp³-hybridized carbons (Fsp3) is 0.542. The Kier molecular flexibility index (Phi) is 8.16. The van der Waals surface area contributed by atoms with E-state index in [2.05, 4.69) is 26.5 Å². The molecule has 4 heteroatoms. The van der Waals surface area contributed by atoms with Gasteiger partial charge >= 0.3 is 5.97 Å². The summed E-state index contributed by atoms with van der Waals surface area (Å²) in [6.45, 7) is 10.6. The van der Waals surface area contributed by atoms with Crippen molar-refractivity contribution in [3.8, 4) is 11.5 Å². The number of rotatable bonds is 10. The number of aryl methyl sites for hydroxylation is 1. The van der Waals surface area contributed by atoms with Crippen molar-refractivity contribution in [1.82, 2.24) is 0 Å². The lowest BCUT2D eigenvalue weighted by atomic mass is 9.73. The Morgan fingerprint density at radius 2 is 2.07 bits per heavy atom. The van der Waals surface area contributed by atoms with E-state index < -0.39 is 5.97 Å². The van der Waals surface area contributed by atoms with Crippen molar-refractivity contribution < 1.29 is 19.7 Å². The standard InChI is InChI=1S/C24H34O4/c1-5-6-7-8-18-14-21(25)24(22(15-18)28-12-11-23(26)27)20-13-17(4)9-10-19(20)16(2)3/h13-15,19-20,25H,2,5-12H2,1,3-4H3,(H,26,27)/t19-,20+/m1/s1. The largest absolute Gasteiger partial charge is 0.507 e. The molecule has 0 fully saturated rings. The van der Waals surface area contributed by atoms with Gasteiger partial charge in [-0.2, -0.15) is 0 Å². The van der Waals surface area contributed by atoms with E-state index in [1.165, 1.54) is 5.57 Å². The van der Waals surface area contributed by atoms with Gasteiger partial charge in [-0.1, -0.05) is 43.6 Å². The molecular formula is C24H34O4. The van der Waals surface area contributed by atoms with Crippen LogP contribution in [0.15, 0.2) is 35.9 Å². The first-order chi connectivity index (χ1) is 13.3. The van der Waals surface area contributed by atoms with Gasteiger partial charge < -0.3 is 14.9 Å². The molecule has 154 valence electrons. The number of hydrogen-bond donors (Lipinski definition) is 2. The highest BCUT2D eigenvalue weighted by molar-refractivity contribution is 5.66. The minimum absolute atomic E-state index is 0.00392. The highest BCUT2D eigenvalue weighted by Crippen LogP contribution is 2.47. The number of unbranched alkanes of at least 4 members (excludes halogenated alkanes) is 2. The molecule has 1 aromatic carbocycles. The van der Waals surface area contributed by atoms with Gasteiger partial charge in [0.15, 0.2) is 0 Å². The van der Waals surface area contributed by atoms with Gasteiger partial charge in [0.05, 0.1) is 13.0 Å². The van der Waals surface area contributed by atoms with Gasteiger partial charge in [-0.05, 0) is 63.1 Å². The fourth-order valence-electron chi connectivity index (χ4n) is 4.00. The number of carboxylic acids is 1. The second kappa shape index (κ2) is 10.4. The van der Waals surface area contributed by atoms with Crippen LogP contribution in [-0.2, 0) is 11.2 Å². The summed E-state index contributed by atoms with van der Waals surface area (Å²) in [6.07, 6.45) is 8.37. The zero-order valence-corrected chi connectivity index (χ0v) is 17.5. The number of benzene rings is 1. The maximum absolute atomic E-state index is 10.9. The third-order valence-electron chi connectivity index (χ3n) is 5.54. The molecule has 0 amide bonds. The van der Waals surface area contributed by atoms with Crippen LogP contribution < -0.4 is 4.74 Å². The summed E-state index contributed by atoms with van der Waals surface area (Å²) in [5.41, 5.74) is 4.18. The molecule has 1 aromatic rings. The Bertz CT molecular complexity index is 732. The number of carboxylic acid groups (broad SMARTS) is 1. The molecule has 0 radical (unpaired) electrons. The van der Waals surface area contributed by atoms with Gasteiger partial charge in [-0.25, -0.2) is 0 Å². The summed E-state index contributed by atoms with van der Waals surface area (Å²) < 4.78 is 5.89. The number of ether oxygens (including phenoxy) is 1. The van der Waals surface area contributed by atoms with E-state index in [4.69, 9.17) is 9.84 Å². The third kappa shape index (κ3) is 5.88. The first-order valence-corrected chi connectivity index (χ1v) is 10.4. The van der Waals surface area contributed by atoms with E-state index in [0.29, 0.717) is 5.75 Å². The predicted molar refractivity (Wildman–Crippen MR) is 113 cm³/mol. The minimum Gasteiger partial charge on any atom is -0.507 e. The molecule has 4 nitrogen and oxygen atoms in total. The van der Waals surface area contributed by atoms with E-state index in [1.807, 2.05) is 19.1 Å². The number of phenols is 1. The number of hydrogen-bond acceptors (Lipinski definition) is 3. The van der Waals surface area contributed by atoms with Gasteiger partial charge in [0.25, 0.3) is 0 Å². The number of aliphatic carboxylic acids is 1. The molecule has 0 saturated heterocycles. The van der Waals surface area contributed by atoms with Crippen LogP contribution in [0.5, 0.6) is 11.5 Å². The Morgan fingerprint density at radius 3 is 2.71 bits per heavy atom. The quantitative estimate of drug-likeness (QED) is 0.382. The molecule has 1 aliphatic rings. The SMILES string of the molecule is C=C(C)[C@H]1CCC(C)=C[C@@H]1c1c(O)cc(CCCCC)cc1OCCC(=O)O. The van der Waals surface area contributed by atoms with E-state index in [9.17, 15) is 9.90 Å². The number of phenolic OH excluding ortho intramolecular Hbond substituents is 1. The zero-order valence-electron chi connectivity index (χ0n) is 17.5. The Balaban J connectivity index is 2.42. The second-order valence-corrected chi connectivity index (χ2v) is 8.01. The van der Waals surface area contributed by atoms with Gasteiger partial charge in [0.1, 0.15) is 11.5 Å². The topological polar surface area (TPSA) is 66.8 Å². The molecule has 2 atom stereocenters. The molecule has 0 saturated carbocycles. The Morgan fingerprint density at radius 1 is 1.32 bits per heavy atom. The molecule has 1 aliphatic carbocycles. The zero-order chi connectivity index (χ0) is 20.7. The van der Waals surface area contributed by atoms with Gasteiger partial charge in [0.2, 0.25) is 0 Å². The number of allylic oxidation sites excluding steroid dienone is 3. The fourth-order valence-corrected chi connectivity index (χ4v) is 4.00. The van der Waals surface area contributed by atoms with E-state index in [0.717, 1.165) is 55.2 Å². The molecule has 2 rings (SSSR count). The molecule has 0 aliphatic heterocycles. The molecule has 0 aromatic heterocycles. The van der Waals surface area contributed by atoms with E-state index in [-0.39, 0.29) is 30.6 Å². The van der Waals surface area contributed by atoms with Crippen LogP contribution in [0.2, 0.25) is 0 Å². The van der Waals surface area contributed by atoms with Crippen molar-refractivity contribution in [1.29, 1.82) is 0 Å². The first-order valence-electron chi connectivity index (χ1n) is 10.4. The van der Waals surface area contributed by atoms with Crippen LogP contribution in [-0.4, -0.2) is 22.8 Å². The summed E-state index contributed by atoms with van der Waals surface area (Å²) in [5, 5.41) is 19.9. The van der Waals surface area contributed by atoms with Crippen LogP contribution in [0, 0.1) is 5.92 Å². The minimum atomic E-state index is -0.891. The van der Waals surface area contributed by atoms with Crippen LogP contribution >= 0.6 is 0 Å². The molecule has 0 bridgehead atoms. The van der Waals surface area contributed by atoms with Crippen LogP contribution in [0.3, 0.4) is 0 Å². The second-order valence-electron chi connectivity index (χ2n) is 8.01. The monoisotopic (exact) mass is 386 g/mol. The Hall–Kier alpha value is -2.23. The van der Waals surface area contributed by atoms with Crippen molar-refractivity contribution in [2.24, 2.45) is 5.92 Å². The summed E-state index contributed by atoms with van der Waals surface area (Å²) in [6, 6.07) is 3.84. The van der Waals surface area contributed by atoms with Crippen molar-refractivity contribution in [2.45, 2.75) is 71.6 Å². The lowest BCUT2D eigenvalue weighted by Crippen LogP contribution is -2.18. The summed E-state index contributed by atoms with van der Waals surface area (Å²) in [7, 11) is 0. The van der Waals surface area contributed by atoms with Crippen LogP contribution in [0.4, 0.5) is 0 Å². The normalized spacial score (nSPS) is 19.2. The average molecular weight is 387 g/mol. The lowest BCUT2D eigenvalue weighted by molar-refractivity contribution is -0.137. The molecule has 28 heavy (non-hydrogen) atoms. The van der Waals surface area contributed by atoms with Crippen molar-refractivity contribution >= 4 is 5.97 Å². The summed E-state index contributed by atoms with van der Waals surface area (Å²) >= 11 is 0. The third-order valence-corrected chi connectivity index (χ3v) is 5.54. The maximum Gasteiger partial charge on any atom is 0.306 e. The van der Waals surface area contributed by atoms with Gasteiger partial charge in [-0.3, -0.25) is 4.79 Å². The lowest BCUT2D eigenvalue weighted by Gasteiger charge is -2.32. The predicted octanol–water partition coefficient (Wildman–Crippen LogP) is 5.99. The average Bonchev–Trinajstić information content (AvgIpc) is 2.61. The van der Waals surface area contributed by atoms with Gasteiger partial charge in [0, 0.05) is 11.5 Å². The summed E-state index contributed by atoms with van der Waals surface area (Å²) in [5.74, 6) is 0.188. The first kappa shape index (κ1) is 22.1. The molecule has 0 heterocycles. The number of aromatic hydroxyl groups is 1. The molecular weight excluding hydrogens is 352 g/mol. The van der Waals surface area contributed by atoms with Crippen molar-refractivity contribution in [3.05, 3.63) is 47.1 Å². The van der Waals surface area contributed by atoms with Crippen molar-refractivity contribution in [3.63, 3.8) is 0 Å². The molecule has 0 spiro atoms. The smallest absolute Gasteiger partial charge is 0.306 e. The molecule has 2 N–H and O–H groups in total. The highest BCUT2D eigenvalue weighted by Gasteiger charge is 2.30. The molecule has 0 unspecified atom stereocenters. The van der Waals surface area contributed by atoms with E-state index >= 15 is 0 Å². The number of carbonyl (C=O) groups is 1. The van der Waals surface area contributed by atoms with Gasteiger partial charge in [-0.15, -0.1) is 0 Å². The van der Waals surface area contributed by atoms with Crippen LogP contribution in [0.25, 0.3) is 0 Å². The van der Waals surface area contributed by atoms with Crippen molar-refractivity contribution in [2.75, 3.05) is 6.61 Å². The van der Waals surface area contributed by atoms with Crippen LogP contribution in [0.1, 0.15) is 76.3 Å².